The van der Waals surface area contributed by atoms with Gasteiger partial charge in [-0.1, -0.05) is 30.3 Å². The number of hydrogen-bond acceptors (Lipinski definition) is 8. The molecule has 1 fully saturated rings. The molecule has 10 nitrogen and oxygen atoms in total. The molecular weight excluding hydrogens is 588 g/mol. The van der Waals surface area contributed by atoms with E-state index in [1.165, 1.54) is 6.92 Å². The molecule has 2 aromatic rings. The number of Topliss-reactive ketones (excluding diaryl/α,β-unsaturated/α-hetero) is 1. The molecule has 0 saturated heterocycles. The zero-order valence-corrected chi connectivity index (χ0v) is 28.9. The first-order valence-corrected chi connectivity index (χ1v) is 16.3. The van der Waals surface area contributed by atoms with Crippen LogP contribution < -0.4 is 14.8 Å². The highest BCUT2D eigenvalue weighted by Gasteiger charge is 2.54. The van der Waals surface area contributed by atoms with Gasteiger partial charge in [-0.3, -0.25) is 4.79 Å². The van der Waals surface area contributed by atoms with Gasteiger partial charge in [-0.15, -0.1) is 0 Å². The Balaban J connectivity index is 1.97. The first-order valence-electron chi connectivity index (χ1n) is 16.3. The van der Waals surface area contributed by atoms with Gasteiger partial charge in [0.2, 0.25) is 0 Å². The Morgan fingerprint density at radius 2 is 1.52 bits per heavy atom. The number of nitrogens with one attached hydrogen (secondary N) is 1. The van der Waals surface area contributed by atoms with Gasteiger partial charge >= 0.3 is 12.0 Å². The minimum absolute atomic E-state index is 0.166. The van der Waals surface area contributed by atoms with Gasteiger partial charge in [0.1, 0.15) is 28.2 Å². The van der Waals surface area contributed by atoms with E-state index < -0.39 is 29.2 Å². The molecule has 0 unspecified atom stereocenters. The SMILES string of the molecule is CCOc1cc([C@@H](C)N(CCO[C@@H](C)c2ccccc2)C(=O)NC2(C(=O)OC(C)(C)C)CC(OCC)C2)cc(OCC)c1C(C)=O. The van der Waals surface area contributed by atoms with Crippen molar-refractivity contribution in [3.8, 4) is 11.5 Å². The number of carbonyl (C=O) groups is 3. The number of urea groups is 1. The first kappa shape index (κ1) is 36.8. The molecule has 0 radical (unpaired) electrons. The fraction of sp³-hybridized carbons (Fsp3) is 0.583. The standard InChI is InChI=1S/C36H52N2O8/c1-10-42-29-22-36(23-29,33(40)46-35(7,8)9)37-34(41)38(18-19-45-26(6)27-16-14-13-15-17-27)24(4)28-20-30(43-11-2)32(25(5)39)31(21-28)44-12-3/h13-17,20-21,24,26,29H,10-12,18-19,22-23H2,1-9H3,(H,37,41)/t24-,26+,29?,36?/m1/s1. The van der Waals surface area contributed by atoms with Crippen molar-refractivity contribution in [1.29, 1.82) is 0 Å². The molecule has 10 heteroatoms. The summed E-state index contributed by atoms with van der Waals surface area (Å²) in [6, 6.07) is 12.4. The lowest BCUT2D eigenvalue weighted by atomic mass is 9.74. The van der Waals surface area contributed by atoms with Crippen LogP contribution in [-0.2, 0) is 19.0 Å². The van der Waals surface area contributed by atoms with Crippen LogP contribution in [0.5, 0.6) is 11.5 Å². The van der Waals surface area contributed by atoms with Gasteiger partial charge in [-0.2, -0.15) is 0 Å². The summed E-state index contributed by atoms with van der Waals surface area (Å²) in [6.45, 7) is 18.0. The molecule has 1 saturated carbocycles. The number of benzene rings is 2. The monoisotopic (exact) mass is 640 g/mol. The van der Waals surface area contributed by atoms with E-state index in [-0.39, 0.29) is 31.1 Å². The number of hydrogen-bond donors (Lipinski definition) is 1. The van der Waals surface area contributed by atoms with Crippen LogP contribution in [0.15, 0.2) is 42.5 Å². The number of carbonyl (C=O) groups excluding carboxylic acids is 3. The molecule has 0 aliphatic heterocycles. The maximum atomic E-state index is 14.2. The van der Waals surface area contributed by atoms with E-state index >= 15 is 0 Å². The van der Waals surface area contributed by atoms with Crippen LogP contribution >= 0.6 is 0 Å². The normalized spacial score (nSPS) is 18.9. The van der Waals surface area contributed by atoms with E-state index in [1.807, 2.05) is 65.0 Å². The lowest BCUT2D eigenvalue weighted by Crippen LogP contribution is -2.67. The third kappa shape index (κ3) is 9.45. The third-order valence-corrected chi connectivity index (χ3v) is 7.91. The summed E-state index contributed by atoms with van der Waals surface area (Å²) >= 11 is 0. The molecule has 2 aromatic carbocycles. The summed E-state index contributed by atoms with van der Waals surface area (Å²) in [5, 5.41) is 3.03. The Labute approximate surface area is 274 Å². The Hall–Kier alpha value is -3.63. The van der Waals surface area contributed by atoms with Crippen molar-refractivity contribution in [2.24, 2.45) is 0 Å². The van der Waals surface area contributed by atoms with E-state index in [0.29, 0.717) is 55.3 Å². The molecular formula is C36H52N2O8. The van der Waals surface area contributed by atoms with Crippen LogP contribution in [0.1, 0.15) is 109 Å². The summed E-state index contributed by atoms with van der Waals surface area (Å²) in [7, 11) is 0. The van der Waals surface area contributed by atoms with Gasteiger partial charge < -0.3 is 33.9 Å². The average molecular weight is 641 g/mol. The molecule has 0 bridgehead atoms. The molecule has 254 valence electrons. The van der Waals surface area contributed by atoms with E-state index in [1.54, 1.807) is 37.8 Å². The molecule has 0 heterocycles. The second kappa shape index (κ2) is 16.3. The number of ether oxygens (including phenoxy) is 5. The number of nitrogens with zero attached hydrogens (tertiary/aromatic N) is 1. The third-order valence-electron chi connectivity index (χ3n) is 7.91. The summed E-state index contributed by atoms with van der Waals surface area (Å²) in [5.41, 5.74) is 0.121. The van der Waals surface area contributed by atoms with Crippen molar-refractivity contribution >= 4 is 17.8 Å². The van der Waals surface area contributed by atoms with E-state index in [4.69, 9.17) is 23.7 Å². The van der Waals surface area contributed by atoms with Gasteiger partial charge in [0.15, 0.2) is 5.78 Å². The molecule has 0 aromatic heterocycles. The maximum Gasteiger partial charge on any atom is 0.332 e. The molecule has 0 spiro atoms. The van der Waals surface area contributed by atoms with Crippen molar-refractivity contribution < 1.29 is 38.1 Å². The number of esters is 1. The van der Waals surface area contributed by atoms with Gasteiger partial charge in [0, 0.05) is 26.0 Å². The van der Waals surface area contributed by atoms with Crippen molar-refractivity contribution in [2.45, 2.75) is 105 Å². The number of amides is 2. The largest absolute Gasteiger partial charge is 0.493 e. The van der Waals surface area contributed by atoms with Crippen LogP contribution in [-0.4, -0.2) is 72.9 Å². The van der Waals surface area contributed by atoms with Crippen LogP contribution in [0, 0.1) is 0 Å². The van der Waals surface area contributed by atoms with Crippen LogP contribution in [0.2, 0.25) is 0 Å². The second-order valence-electron chi connectivity index (χ2n) is 12.6. The topological polar surface area (TPSA) is 113 Å². The van der Waals surface area contributed by atoms with E-state index in [9.17, 15) is 14.4 Å². The summed E-state index contributed by atoms with van der Waals surface area (Å²) < 4.78 is 29.5. The highest BCUT2D eigenvalue weighted by Crippen LogP contribution is 2.39. The van der Waals surface area contributed by atoms with Crippen molar-refractivity contribution in [3.63, 3.8) is 0 Å². The number of ketones is 1. The zero-order valence-electron chi connectivity index (χ0n) is 28.9. The molecule has 1 aliphatic rings. The Kier molecular flexibility index (Phi) is 13.0. The first-order chi connectivity index (χ1) is 21.7. The van der Waals surface area contributed by atoms with Crippen LogP contribution in [0.25, 0.3) is 0 Å². The Bertz CT molecular complexity index is 1290. The highest BCUT2D eigenvalue weighted by molar-refractivity contribution is 6.00. The van der Waals surface area contributed by atoms with Gasteiger partial charge in [-0.25, -0.2) is 9.59 Å². The van der Waals surface area contributed by atoms with Crippen molar-refractivity contribution in [2.75, 3.05) is 33.0 Å². The van der Waals surface area contributed by atoms with Crippen LogP contribution in [0.3, 0.4) is 0 Å². The molecule has 46 heavy (non-hydrogen) atoms. The molecule has 2 amide bonds. The summed E-state index contributed by atoms with van der Waals surface area (Å²) in [5.74, 6) is 0.104. The fourth-order valence-corrected chi connectivity index (χ4v) is 5.58. The summed E-state index contributed by atoms with van der Waals surface area (Å²) in [6.07, 6.45) is 0.251. The Morgan fingerprint density at radius 3 is 2.02 bits per heavy atom. The molecule has 3 rings (SSSR count). The van der Waals surface area contributed by atoms with Crippen LogP contribution in [0.4, 0.5) is 4.79 Å². The van der Waals surface area contributed by atoms with Gasteiger partial charge in [0.25, 0.3) is 0 Å². The average Bonchev–Trinajstić information content (AvgIpc) is 2.97. The van der Waals surface area contributed by atoms with Gasteiger partial charge in [-0.05, 0) is 85.6 Å². The predicted octanol–water partition coefficient (Wildman–Crippen LogP) is 6.82. The highest BCUT2D eigenvalue weighted by atomic mass is 16.6. The lowest BCUT2D eigenvalue weighted by Gasteiger charge is -2.47. The smallest absolute Gasteiger partial charge is 0.332 e. The molecule has 1 aliphatic carbocycles. The van der Waals surface area contributed by atoms with Gasteiger partial charge in [0.05, 0.1) is 38.1 Å². The molecule has 1 N–H and O–H groups in total. The fourth-order valence-electron chi connectivity index (χ4n) is 5.58. The lowest BCUT2D eigenvalue weighted by molar-refractivity contribution is -0.174. The minimum Gasteiger partial charge on any atom is -0.493 e. The summed E-state index contributed by atoms with van der Waals surface area (Å²) in [4.78, 5) is 42.0. The minimum atomic E-state index is -1.23. The predicted molar refractivity (Wildman–Crippen MR) is 176 cm³/mol. The molecule has 2 atom stereocenters. The quantitative estimate of drug-likeness (QED) is 0.157. The van der Waals surface area contributed by atoms with Crippen molar-refractivity contribution in [1.82, 2.24) is 10.2 Å². The van der Waals surface area contributed by atoms with Crippen molar-refractivity contribution in [3.05, 3.63) is 59.2 Å². The maximum absolute atomic E-state index is 14.2. The number of rotatable bonds is 16. The van der Waals surface area contributed by atoms with E-state index in [0.717, 1.165) is 5.56 Å². The second-order valence-corrected chi connectivity index (χ2v) is 12.6. The zero-order chi connectivity index (χ0) is 34.1. The van der Waals surface area contributed by atoms with E-state index in [2.05, 4.69) is 5.32 Å². The Morgan fingerprint density at radius 1 is 0.935 bits per heavy atom.